The summed E-state index contributed by atoms with van der Waals surface area (Å²) in [5.74, 6) is -0.00855. The number of anilines is 1. The molecule has 2 atom stereocenters. The Morgan fingerprint density at radius 3 is 2.85 bits per heavy atom. The van der Waals surface area contributed by atoms with Gasteiger partial charge in [-0.2, -0.15) is 0 Å². The van der Waals surface area contributed by atoms with Gasteiger partial charge in [-0.15, -0.1) is 0 Å². The van der Waals surface area contributed by atoms with Crippen LogP contribution in [0.5, 0.6) is 0 Å². The molecule has 2 N–H and O–H groups in total. The highest BCUT2D eigenvalue weighted by atomic mass is 35.5. The van der Waals surface area contributed by atoms with Crippen molar-refractivity contribution in [1.29, 1.82) is 0 Å². The van der Waals surface area contributed by atoms with Crippen molar-refractivity contribution in [2.75, 3.05) is 12.0 Å². The summed E-state index contributed by atoms with van der Waals surface area (Å²) >= 11 is 5.98. The summed E-state index contributed by atoms with van der Waals surface area (Å²) < 4.78 is 0. The van der Waals surface area contributed by atoms with Crippen molar-refractivity contribution < 1.29 is 14.6 Å². The van der Waals surface area contributed by atoms with Crippen molar-refractivity contribution in [2.45, 2.75) is 12.8 Å². The van der Waals surface area contributed by atoms with E-state index in [-0.39, 0.29) is 30.3 Å². The first-order valence-corrected chi connectivity index (χ1v) is 6.95. The van der Waals surface area contributed by atoms with E-state index in [0.717, 1.165) is 5.82 Å². The van der Waals surface area contributed by atoms with Gasteiger partial charge in [0.25, 0.3) is 5.82 Å². The molecule has 1 aliphatic heterocycles. The summed E-state index contributed by atoms with van der Waals surface area (Å²) in [5, 5.41) is 3.73. The second-order valence-corrected chi connectivity index (χ2v) is 5.50. The lowest BCUT2D eigenvalue weighted by molar-refractivity contribution is -0.361. The van der Waals surface area contributed by atoms with Crippen molar-refractivity contribution >= 4 is 29.2 Å². The van der Waals surface area contributed by atoms with Crippen molar-refractivity contribution in [3.8, 4) is 0 Å². The van der Waals surface area contributed by atoms with Gasteiger partial charge in [0.15, 0.2) is 6.67 Å². The van der Waals surface area contributed by atoms with Gasteiger partial charge in [0.05, 0.1) is 18.0 Å². The van der Waals surface area contributed by atoms with Crippen LogP contribution in [0.1, 0.15) is 12.8 Å². The van der Waals surface area contributed by atoms with Crippen LogP contribution in [0.3, 0.4) is 0 Å². The van der Waals surface area contributed by atoms with Gasteiger partial charge in [0.1, 0.15) is 0 Å². The first kappa shape index (κ1) is 13.1. The summed E-state index contributed by atoms with van der Waals surface area (Å²) in [5.41, 5.74) is 0. The van der Waals surface area contributed by atoms with Gasteiger partial charge >= 0.3 is 0 Å². The number of aromatic nitrogens is 1. The third-order valence-corrected chi connectivity index (χ3v) is 4.11. The number of nitrogens with one attached hydrogen (secondary N) is 2. The summed E-state index contributed by atoms with van der Waals surface area (Å²) in [7, 11) is 0. The van der Waals surface area contributed by atoms with Crippen molar-refractivity contribution in [3.63, 3.8) is 0 Å². The quantitative estimate of drug-likeness (QED) is 0.856. The molecule has 0 saturated carbocycles. The van der Waals surface area contributed by atoms with Gasteiger partial charge in [-0.3, -0.25) is 14.9 Å². The fourth-order valence-corrected chi connectivity index (χ4v) is 2.97. The summed E-state index contributed by atoms with van der Waals surface area (Å²) in [6.45, 7) is 0.183. The number of amides is 2. The molecule has 5 nitrogen and oxygen atoms in total. The van der Waals surface area contributed by atoms with Crippen LogP contribution in [0.2, 0.25) is 0 Å². The van der Waals surface area contributed by atoms with Gasteiger partial charge in [-0.25, -0.2) is 9.88 Å². The molecule has 1 aliphatic carbocycles. The molecule has 2 heterocycles. The molecule has 1 aromatic heterocycles. The minimum Gasteiger partial charge on any atom is -0.274 e. The molecule has 1 saturated heterocycles. The number of imide groups is 1. The number of halogens is 1. The minimum absolute atomic E-state index is 0.108. The topological polar surface area (TPSA) is 63.6 Å². The number of hydrogen-bond donors (Lipinski definition) is 1. The Balaban J connectivity index is 1.69. The van der Waals surface area contributed by atoms with E-state index >= 15 is 0 Å². The minimum atomic E-state index is -0.290. The van der Waals surface area contributed by atoms with E-state index in [2.05, 4.69) is 10.3 Å². The number of likely N-dealkylation sites (tertiary alicyclic amines) is 1. The normalized spacial score (nSPS) is 25.4. The zero-order valence-electron chi connectivity index (χ0n) is 10.8. The lowest BCUT2D eigenvalue weighted by Gasteiger charge is -2.17. The molecule has 20 heavy (non-hydrogen) atoms. The Hall–Kier alpha value is -1.88. The molecule has 2 amide bonds. The highest BCUT2D eigenvalue weighted by Crippen LogP contribution is 2.38. The average molecular weight is 293 g/mol. The average Bonchev–Trinajstić information content (AvgIpc) is 2.70. The number of pyridine rings is 1. The van der Waals surface area contributed by atoms with E-state index in [9.17, 15) is 9.59 Å². The van der Waals surface area contributed by atoms with E-state index in [0.29, 0.717) is 17.9 Å². The lowest BCUT2D eigenvalue weighted by atomic mass is 9.85. The lowest BCUT2D eigenvalue weighted by Crippen LogP contribution is -2.36. The number of hydrogen-bond acceptors (Lipinski definition) is 3. The molecule has 1 fully saturated rings. The predicted octanol–water partition coefficient (Wildman–Crippen LogP) is 1.39. The highest BCUT2D eigenvalue weighted by molar-refractivity contribution is 6.30. The van der Waals surface area contributed by atoms with Crippen LogP contribution in [0, 0.1) is 11.8 Å². The first-order valence-electron chi connectivity index (χ1n) is 6.57. The van der Waals surface area contributed by atoms with Crippen LogP contribution in [0.15, 0.2) is 35.5 Å². The Morgan fingerprint density at radius 1 is 1.30 bits per heavy atom. The van der Waals surface area contributed by atoms with Gasteiger partial charge in [0.2, 0.25) is 11.8 Å². The number of aromatic amines is 1. The van der Waals surface area contributed by atoms with E-state index in [1.165, 1.54) is 4.90 Å². The predicted molar refractivity (Wildman–Crippen MR) is 73.5 cm³/mol. The van der Waals surface area contributed by atoms with Gasteiger partial charge in [-0.05, 0) is 18.9 Å². The van der Waals surface area contributed by atoms with Gasteiger partial charge in [-0.1, -0.05) is 23.7 Å². The SMILES string of the molecule is O=C1[C@H]2CC(Cl)=CC[C@H]2C(=O)N1CNc1cccc[nH+]1. The van der Waals surface area contributed by atoms with Crippen molar-refractivity contribution in [1.82, 2.24) is 4.90 Å². The summed E-state index contributed by atoms with van der Waals surface area (Å²) in [6.07, 6.45) is 4.65. The monoisotopic (exact) mass is 292 g/mol. The molecule has 0 radical (unpaired) electrons. The first-order chi connectivity index (χ1) is 9.66. The van der Waals surface area contributed by atoms with Gasteiger partial charge < -0.3 is 0 Å². The van der Waals surface area contributed by atoms with Crippen LogP contribution < -0.4 is 10.3 Å². The number of H-pyrrole nitrogens is 1. The molecule has 1 aromatic rings. The zero-order valence-corrected chi connectivity index (χ0v) is 11.6. The van der Waals surface area contributed by atoms with E-state index < -0.39 is 0 Å². The highest BCUT2D eigenvalue weighted by Gasteiger charge is 2.48. The largest absolute Gasteiger partial charge is 0.274 e. The molecule has 0 unspecified atom stereocenters. The number of nitrogens with zero attached hydrogens (tertiary/aromatic N) is 1. The Kier molecular flexibility index (Phi) is 3.44. The molecule has 3 rings (SSSR count). The smallest absolute Gasteiger partial charge is 0.273 e. The molecule has 0 bridgehead atoms. The van der Waals surface area contributed by atoms with E-state index in [1.54, 1.807) is 6.20 Å². The number of allylic oxidation sites excluding steroid dienone is 2. The number of carbonyl (C=O) groups excluding carboxylic acids is 2. The zero-order chi connectivity index (χ0) is 14.1. The van der Waals surface area contributed by atoms with Crippen LogP contribution in [0.25, 0.3) is 0 Å². The molecular formula is C14H15ClN3O2+. The Labute approximate surface area is 121 Å². The summed E-state index contributed by atoms with van der Waals surface area (Å²) in [6, 6.07) is 5.58. The van der Waals surface area contributed by atoms with Gasteiger partial charge in [0, 0.05) is 11.1 Å². The van der Waals surface area contributed by atoms with Crippen LogP contribution in [-0.2, 0) is 9.59 Å². The number of carbonyl (C=O) groups is 2. The fraction of sp³-hybridized carbons (Fsp3) is 0.357. The third-order valence-electron chi connectivity index (χ3n) is 3.80. The van der Waals surface area contributed by atoms with Crippen molar-refractivity contribution in [2.24, 2.45) is 11.8 Å². The maximum Gasteiger partial charge on any atom is 0.273 e. The fourth-order valence-electron chi connectivity index (χ4n) is 2.72. The molecule has 0 aromatic carbocycles. The Morgan fingerprint density at radius 2 is 2.10 bits per heavy atom. The van der Waals surface area contributed by atoms with Crippen LogP contribution in [-0.4, -0.2) is 23.4 Å². The van der Waals surface area contributed by atoms with Crippen molar-refractivity contribution in [3.05, 3.63) is 35.5 Å². The molecule has 2 aliphatic rings. The number of rotatable bonds is 3. The molecule has 104 valence electrons. The molecule has 6 heteroatoms. The van der Waals surface area contributed by atoms with Crippen LogP contribution >= 0.6 is 11.6 Å². The summed E-state index contributed by atoms with van der Waals surface area (Å²) in [4.78, 5) is 28.8. The number of fused-ring (bicyclic) bond motifs is 1. The standard InChI is InChI=1S/C14H14ClN3O2/c15-9-4-5-10-11(7-9)14(20)18(13(10)19)8-17-12-3-1-2-6-16-12/h1-4,6,10-11H,5,7-8H2,(H,16,17)/p+1/t10-,11+/m1/s1. The second-order valence-electron chi connectivity index (χ2n) is 5.02. The molecular weight excluding hydrogens is 278 g/mol. The maximum absolute atomic E-state index is 12.3. The second kappa shape index (κ2) is 5.25. The molecule has 0 spiro atoms. The van der Waals surface area contributed by atoms with E-state index in [1.807, 2.05) is 24.3 Å². The third kappa shape index (κ3) is 2.29. The Bertz CT molecular complexity index is 573. The maximum atomic E-state index is 12.3. The van der Waals surface area contributed by atoms with Crippen LogP contribution in [0.4, 0.5) is 5.82 Å². The van der Waals surface area contributed by atoms with E-state index in [4.69, 9.17) is 11.6 Å².